The molecule has 2 heterocycles. The SMILES string of the molecule is Cc1cc(C2NC=CC=C2c2ccnc3ccccc23)ccc1F. The van der Waals surface area contributed by atoms with Gasteiger partial charge in [0.1, 0.15) is 5.82 Å². The van der Waals surface area contributed by atoms with E-state index in [0.29, 0.717) is 5.56 Å². The third-order valence-electron chi connectivity index (χ3n) is 4.42. The number of dihydropyridines is 1. The summed E-state index contributed by atoms with van der Waals surface area (Å²) in [4.78, 5) is 4.44. The normalized spacial score (nSPS) is 16.8. The molecule has 118 valence electrons. The second-order valence-corrected chi connectivity index (χ2v) is 5.97. The third kappa shape index (κ3) is 2.48. The van der Waals surface area contributed by atoms with Crippen LogP contribution in [0.15, 0.2) is 73.1 Å². The van der Waals surface area contributed by atoms with E-state index in [0.717, 1.165) is 27.6 Å². The van der Waals surface area contributed by atoms with Gasteiger partial charge in [-0.1, -0.05) is 36.4 Å². The molecule has 1 N–H and O–H groups in total. The number of fused-ring (bicyclic) bond motifs is 1. The molecule has 0 amide bonds. The zero-order chi connectivity index (χ0) is 16.5. The number of nitrogens with zero attached hydrogens (tertiary/aromatic N) is 1. The number of rotatable bonds is 2. The lowest BCUT2D eigenvalue weighted by Gasteiger charge is -2.25. The van der Waals surface area contributed by atoms with Crippen LogP contribution in [0.25, 0.3) is 16.5 Å². The van der Waals surface area contributed by atoms with Crippen molar-refractivity contribution >= 4 is 16.5 Å². The van der Waals surface area contributed by atoms with Crippen LogP contribution in [0.3, 0.4) is 0 Å². The summed E-state index contributed by atoms with van der Waals surface area (Å²) < 4.78 is 13.6. The van der Waals surface area contributed by atoms with Gasteiger partial charge in [-0.2, -0.15) is 0 Å². The molecule has 0 aliphatic carbocycles. The highest BCUT2D eigenvalue weighted by Crippen LogP contribution is 2.35. The topological polar surface area (TPSA) is 24.9 Å². The number of benzene rings is 2. The monoisotopic (exact) mass is 316 g/mol. The number of halogens is 1. The quantitative estimate of drug-likeness (QED) is 0.725. The van der Waals surface area contributed by atoms with Gasteiger partial charge in [-0.25, -0.2) is 4.39 Å². The number of aromatic nitrogens is 1. The summed E-state index contributed by atoms with van der Waals surface area (Å²) in [7, 11) is 0. The van der Waals surface area contributed by atoms with Crippen LogP contribution >= 0.6 is 0 Å². The Hall–Kier alpha value is -2.94. The third-order valence-corrected chi connectivity index (χ3v) is 4.42. The fourth-order valence-electron chi connectivity index (χ4n) is 3.21. The standard InChI is InChI=1S/C21H17FN2/c1-14-13-15(8-9-19(14)22)21-18(6-4-11-24-21)16-10-12-23-20-7-3-2-5-17(16)20/h2-13,21,24H,1H3. The molecule has 1 aliphatic heterocycles. The molecule has 0 radical (unpaired) electrons. The molecule has 1 aliphatic rings. The van der Waals surface area contributed by atoms with E-state index in [4.69, 9.17) is 0 Å². The number of hydrogen-bond donors (Lipinski definition) is 1. The van der Waals surface area contributed by atoms with Gasteiger partial charge in [-0.05, 0) is 59.7 Å². The van der Waals surface area contributed by atoms with E-state index < -0.39 is 0 Å². The number of pyridine rings is 1. The van der Waals surface area contributed by atoms with Crippen LogP contribution in [0, 0.1) is 12.7 Å². The van der Waals surface area contributed by atoms with Gasteiger partial charge in [0.15, 0.2) is 0 Å². The zero-order valence-electron chi connectivity index (χ0n) is 13.3. The summed E-state index contributed by atoms with van der Waals surface area (Å²) >= 11 is 0. The lowest BCUT2D eigenvalue weighted by Crippen LogP contribution is -2.20. The van der Waals surface area contributed by atoms with Crippen molar-refractivity contribution in [1.29, 1.82) is 0 Å². The van der Waals surface area contributed by atoms with Gasteiger partial charge in [0, 0.05) is 11.6 Å². The summed E-state index contributed by atoms with van der Waals surface area (Å²) in [5.41, 5.74) is 4.97. The average molecular weight is 316 g/mol. The minimum absolute atomic E-state index is 0.0138. The maximum atomic E-state index is 13.6. The Morgan fingerprint density at radius 1 is 1.08 bits per heavy atom. The Morgan fingerprint density at radius 2 is 1.96 bits per heavy atom. The molecule has 1 aromatic heterocycles. The molecule has 0 saturated heterocycles. The van der Waals surface area contributed by atoms with Crippen molar-refractivity contribution in [2.75, 3.05) is 0 Å². The molecule has 2 aromatic carbocycles. The van der Waals surface area contributed by atoms with Crippen LogP contribution in [0.1, 0.15) is 22.7 Å². The fourth-order valence-corrected chi connectivity index (χ4v) is 3.21. The minimum Gasteiger partial charge on any atom is -0.380 e. The Bertz CT molecular complexity index is 967. The largest absolute Gasteiger partial charge is 0.380 e. The first kappa shape index (κ1) is 14.6. The van der Waals surface area contributed by atoms with Crippen molar-refractivity contribution in [3.63, 3.8) is 0 Å². The van der Waals surface area contributed by atoms with E-state index in [1.54, 1.807) is 6.92 Å². The van der Waals surface area contributed by atoms with Gasteiger partial charge in [-0.15, -0.1) is 0 Å². The predicted molar refractivity (Wildman–Crippen MR) is 95.9 cm³/mol. The van der Waals surface area contributed by atoms with Crippen molar-refractivity contribution in [1.82, 2.24) is 10.3 Å². The zero-order valence-corrected chi connectivity index (χ0v) is 13.3. The fraction of sp³-hybridized carbons (Fsp3) is 0.0952. The summed E-state index contributed by atoms with van der Waals surface area (Å²) in [5, 5.41) is 4.52. The first-order valence-electron chi connectivity index (χ1n) is 7.97. The minimum atomic E-state index is -0.176. The average Bonchev–Trinajstić information content (AvgIpc) is 2.63. The summed E-state index contributed by atoms with van der Waals surface area (Å²) in [5.74, 6) is -0.176. The van der Waals surface area contributed by atoms with E-state index in [9.17, 15) is 4.39 Å². The van der Waals surface area contributed by atoms with Crippen LogP contribution in [0.4, 0.5) is 4.39 Å². The number of para-hydroxylation sites is 1. The first-order valence-corrected chi connectivity index (χ1v) is 7.97. The molecule has 1 atom stereocenters. The summed E-state index contributed by atoms with van der Waals surface area (Å²) in [6.07, 6.45) is 7.87. The van der Waals surface area contributed by atoms with E-state index in [1.165, 1.54) is 6.07 Å². The molecule has 1 unspecified atom stereocenters. The molecular weight excluding hydrogens is 299 g/mol. The second kappa shape index (κ2) is 5.93. The lowest BCUT2D eigenvalue weighted by molar-refractivity contribution is 0.616. The maximum Gasteiger partial charge on any atom is 0.126 e. The highest BCUT2D eigenvalue weighted by atomic mass is 19.1. The van der Waals surface area contributed by atoms with Crippen LogP contribution < -0.4 is 5.32 Å². The highest BCUT2D eigenvalue weighted by Gasteiger charge is 2.21. The van der Waals surface area contributed by atoms with Gasteiger partial charge in [0.05, 0.1) is 11.6 Å². The van der Waals surface area contributed by atoms with Crippen LogP contribution in [-0.4, -0.2) is 4.98 Å². The second-order valence-electron chi connectivity index (χ2n) is 5.97. The van der Waals surface area contributed by atoms with Crippen molar-refractivity contribution in [2.24, 2.45) is 0 Å². The molecule has 0 spiro atoms. The summed E-state index contributed by atoms with van der Waals surface area (Å²) in [6.45, 7) is 1.79. The molecule has 0 fully saturated rings. The Balaban J connectivity index is 1.86. The summed E-state index contributed by atoms with van der Waals surface area (Å²) in [6, 6.07) is 15.4. The van der Waals surface area contributed by atoms with Crippen LogP contribution in [0.2, 0.25) is 0 Å². The number of hydrogen-bond acceptors (Lipinski definition) is 2. The molecular formula is C21H17FN2. The van der Waals surface area contributed by atoms with E-state index in [2.05, 4.69) is 22.4 Å². The van der Waals surface area contributed by atoms with Gasteiger partial charge in [-0.3, -0.25) is 4.98 Å². The van der Waals surface area contributed by atoms with E-state index >= 15 is 0 Å². The van der Waals surface area contributed by atoms with Crippen molar-refractivity contribution in [2.45, 2.75) is 13.0 Å². The molecule has 4 rings (SSSR count). The molecule has 0 bridgehead atoms. The van der Waals surface area contributed by atoms with E-state index in [-0.39, 0.29) is 11.9 Å². The highest BCUT2D eigenvalue weighted by molar-refractivity contribution is 5.93. The molecule has 3 heteroatoms. The van der Waals surface area contributed by atoms with Crippen molar-refractivity contribution in [3.05, 3.63) is 95.6 Å². The number of allylic oxidation sites excluding steroid dienone is 2. The van der Waals surface area contributed by atoms with Crippen LogP contribution in [-0.2, 0) is 0 Å². The lowest BCUT2D eigenvalue weighted by atomic mass is 9.89. The van der Waals surface area contributed by atoms with Gasteiger partial charge in [0.2, 0.25) is 0 Å². The number of aryl methyl sites for hydroxylation is 1. The molecule has 0 saturated carbocycles. The van der Waals surface area contributed by atoms with Crippen molar-refractivity contribution < 1.29 is 4.39 Å². The molecule has 24 heavy (non-hydrogen) atoms. The van der Waals surface area contributed by atoms with E-state index in [1.807, 2.05) is 54.9 Å². The van der Waals surface area contributed by atoms with Gasteiger partial charge in [0.25, 0.3) is 0 Å². The first-order chi connectivity index (χ1) is 11.7. The molecule has 3 aromatic rings. The van der Waals surface area contributed by atoms with Gasteiger partial charge < -0.3 is 5.32 Å². The Kier molecular flexibility index (Phi) is 3.62. The maximum absolute atomic E-state index is 13.6. The number of nitrogens with one attached hydrogen (secondary N) is 1. The van der Waals surface area contributed by atoms with Gasteiger partial charge >= 0.3 is 0 Å². The smallest absolute Gasteiger partial charge is 0.126 e. The van der Waals surface area contributed by atoms with Crippen LogP contribution in [0.5, 0.6) is 0 Å². The Morgan fingerprint density at radius 3 is 2.83 bits per heavy atom. The molecule has 2 nitrogen and oxygen atoms in total. The predicted octanol–water partition coefficient (Wildman–Crippen LogP) is 4.92. The van der Waals surface area contributed by atoms with Crippen molar-refractivity contribution in [3.8, 4) is 0 Å². The Labute approximate surface area is 140 Å².